The van der Waals surface area contributed by atoms with Crippen molar-refractivity contribution in [1.29, 1.82) is 0 Å². The Labute approximate surface area is 153 Å². The van der Waals surface area contributed by atoms with Crippen molar-refractivity contribution in [3.63, 3.8) is 0 Å². The molecule has 0 radical (unpaired) electrons. The molecule has 3 rings (SSSR count). The first kappa shape index (κ1) is 17.4. The summed E-state index contributed by atoms with van der Waals surface area (Å²) < 4.78 is 7.27. The fraction of sp³-hybridized carbons (Fsp3) is 0.167. The molecule has 128 valence electrons. The van der Waals surface area contributed by atoms with Crippen molar-refractivity contribution < 1.29 is 9.53 Å². The van der Waals surface area contributed by atoms with Gasteiger partial charge >= 0.3 is 0 Å². The Balaban J connectivity index is 1.84. The zero-order chi connectivity index (χ0) is 17.8. The second kappa shape index (κ2) is 7.67. The highest BCUT2D eigenvalue weighted by atomic mass is 32.2. The summed E-state index contributed by atoms with van der Waals surface area (Å²) in [6.07, 6.45) is 1.65. The highest BCUT2D eigenvalue weighted by Gasteiger charge is 2.14. The van der Waals surface area contributed by atoms with Crippen LogP contribution in [0.25, 0.3) is 10.2 Å². The van der Waals surface area contributed by atoms with Gasteiger partial charge in [0.25, 0.3) is 5.56 Å². The molecule has 0 saturated heterocycles. The van der Waals surface area contributed by atoms with E-state index in [2.05, 4.69) is 11.6 Å². The number of carbonyl (C=O) groups excluding carboxylic acids is 1. The van der Waals surface area contributed by atoms with Gasteiger partial charge in [-0.25, -0.2) is 4.98 Å². The van der Waals surface area contributed by atoms with Crippen LogP contribution in [0.4, 0.5) is 0 Å². The van der Waals surface area contributed by atoms with Crippen LogP contribution in [0.3, 0.4) is 0 Å². The van der Waals surface area contributed by atoms with E-state index in [1.807, 2.05) is 11.4 Å². The zero-order valence-corrected chi connectivity index (χ0v) is 15.2. The Morgan fingerprint density at radius 2 is 2.12 bits per heavy atom. The molecule has 25 heavy (non-hydrogen) atoms. The summed E-state index contributed by atoms with van der Waals surface area (Å²) in [5.74, 6) is 0.872. The molecule has 0 bridgehead atoms. The van der Waals surface area contributed by atoms with E-state index >= 15 is 0 Å². The molecule has 2 aromatic heterocycles. The van der Waals surface area contributed by atoms with Crippen LogP contribution < -0.4 is 10.3 Å². The Hall–Kier alpha value is -2.38. The molecule has 0 fully saturated rings. The van der Waals surface area contributed by atoms with Gasteiger partial charge in [0.05, 0.1) is 18.4 Å². The van der Waals surface area contributed by atoms with Crippen LogP contribution in [0.1, 0.15) is 10.4 Å². The quantitative estimate of drug-likeness (QED) is 0.274. The van der Waals surface area contributed by atoms with Gasteiger partial charge in [-0.05, 0) is 35.7 Å². The predicted molar refractivity (Wildman–Crippen MR) is 102 cm³/mol. The predicted octanol–water partition coefficient (Wildman–Crippen LogP) is 3.63. The van der Waals surface area contributed by atoms with Crippen molar-refractivity contribution in [3.8, 4) is 5.75 Å². The molecular weight excluding hydrogens is 356 g/mol. The second-order valence-electron chi connectivity index (χ2n) is 5.17. The van der Waals surface area contributed by atoms with Crippen molar-refractivity contribution >= 4 is 39.1 Å². The molecule has 0 aliphatic rings. The number of Topliss-reactive ketones (excluding diaryl/α,β-unsaturated/α-hetero) is 1. The lowest BCUT2D eigenvalue weighted by Gasteiger charge is -2.09. The lowest BCUT2D eigenvalue weighted by Crippen LogP contribution is -2.22. The Morgan fingerprint density at radius 3 is 2.80 bits per heavy atom. The Bertz CT molecular complexity index is 974. The molecule has 3 aromatic rings. The number of ketones is 1. The van der Waals surface area contributed by atoms with Crippen molar-refractivity contribution in [1.82, 2.24) is 9.55 Å². The van der Waals surface area contributed by atoms with E-state index in [0.717, 1.165) is 0 Å². The number of carbonyl (C=O) groups is 1. The van der Waals surface area contributed by atoms with Crippen molar-refractivity contribution in [3.05, 3.63) is 64.3 Å². The van der Waals surface area contributed by atoms with Crippen LogP contribution in [-0.4, -0.2) is 28.2 Å². The fourth-order valence-electron chi connectivity index (χ4n) is 2.31. The average Bonchev–Trinajstić information content (AvgIpc) is 3.11. The third-order valence-corrected chi connectivity index (χ3v) is 5.45. The number of methoxy groups -OCH3 is 1. The number of thioether (sulfide) groups is 1. The highest BCUT2D eigenvalue weighted by molar-refractivity contribution is 7.99. The van der Waals surface area contributed by atoms with Gasteiger partial charge in [-0.3, -0.25) is 14.2 Å². The minimum atomic E-state index is -0.0979. The lowest BCUT2D eigenvalue weighted by atomic mass is 10.1. The van der Waals surface area contributed by atoms with Crippen LogP contribution >= 0.6 is 23.1 Å². The molecule has 0 aliphatic carbocycles. The van der Waals surface area contributed by atoms with E-state index in [1.165, 1.54) is 23.1 Å². The lowest BCUT2D eigenvalue weighted by molar-refractivity contribution is 0.102. The molecule has 0 N–H and O–H groups in total. The highest BCUT2D eigenvalue weighted by Crippen LogP contribution is 2.22. The van der Waals surface area contributed by atoms with Gasteiger partial charge in [-0.2, -0.15) is 0 Å². The normalized spacial score (nSPS) is 10.8. The smallest absolute Gasteiger partial charge is 0.272 e. The number of nitrogens with zero attached hydrogens (tertiary/aromatic N) is 2. The Morgan fingerprint density at radius 1 is 1.36 bits per heavy atom. The maximum absolute atomic E-state index is 12.6. The van der Waals surface area contributed by atoms with Crippen LogP contribution in [0.2, 0.25) is 0 Å². The molecule has 5 nitrogen and oxygen atoms in total. The van der Waals surface area contributed by atoms with Gasteiger partial charge in [-0.1, -0.05) is 17.8 Å². The molecule has 2 heterocycles. The number of hydrogen-bond donors (Lipinski definition) is 0. The average molecular weight is 372 g/mol. The first-order chi connectivity index (χ1) is 12.1. The topological polar surface area (TPSA) is 61.2 Å². The van der Waals surface area contributed by atoms with Crippen molar-refractivity contribution in [2.45, 2.75) is 11.7 Å². The molecule has 0 amide bonds. The monoisotopic (exact) mass is 372 g/mol. The summed E-state index contributed by atoms with van der Waals surface area (Å²) in [5, 5.41) is 2.37. The molecule has 7 heteroatoms. The number of rotatable bonds is 7. The SMILES string of the molecule is C=CCn1c(SCC(=O)c2ccc(OC)cc2)nc2ccsc2c1=O. The van der Waals surface area contributed by atoms with Gasteiger partial charge in [0.15, 0.2) is 10.9 Å². The zero-order valence-electron chi connectivity index (χ0n) is 13.6. The number of thiophene rings is 1. The maximum atomic E-state index is 12.6. The summed E-state index contributed by atoms with van der Waals surface area (Å²) in [5.41, 5.74) is 1.16. The Kier molecular flexibility index (Phi) is 5.35. The second-order valence-corrected chi connectivity index (χ2v) is 7.03. The minimum absolute atomic E-state index is 0.0301. The van der Waals surface area contributed by atoms with Gasteiger partial charge in [0.1, 0.15) is 10.4 Å². The number of benzene rings is 1. The number of ether oxygens (including phenoxy) is 1. The molecular formula is C18H16N2O3S2. The number of aromatic nitrogens is 2. The first-order valence-electron chi connectivity index (χ1n) is 7.53. The minimum Gasteiger partial charge on any atom is -0.497 e. The van der Waals surface area contributed by atoms with E-state index < -0.39 is 0 Å². The molecule has 0 atom stereocenters. The largest absolute Gasteiger partial charge is 0.497 e. The summed E-state index contributed by atoms with van der Waals surface area (Å²) in [6.45, 7) is 4.05. The summed E-state index contributed by atoms with van der Waals surface area (Å²) >= 11 is 2.63. The first-order valence-corrected chi connectivity index (χ1v) is 9.39. The number of fused-ring (bicyclic) bond motifs is 1. The van der Waals surface area contributed by atoms with Crippen LogP contribution in [0, 0.1) is 0 Å². The molecule has 0 aliphatic heterocycles. The van der Waals surface area contributed by atoms with Crippen LogP contribution in [0.15, 0.2) is 58.3 Å². The number of hydrogen-bond acceptors (Lipinski definition) is 6. The van der Waals surface area contributed by atoms with Crippen LogP contribution in [0.5, 0.6) is 5.75 Å². The standard InChI is InChI=1S/C18H16N2O3S2/c1-3-9-20-17(22)16-14(8-10-24-16)19-18(20)25-11-15(21)12-4-6-13(23-2)7-5-12/h3-8,10H,1,9,11H2,2H3. The molecule has 0 saturated carbocycles. The number of allylic oxidation sites excluding steroid dienone is 1. The van der Waals surface area contributed by atoms with Gasteiger partial charge in [0, 0.05) is 12.1 Å². The molecule has 0 spiro atoms. The maximum Gasteiger partial charge on any atom is 0.272 e. The van der Waals surface area contributed by atoms with E-state index in [9.17, 15) is 9.59 Å². The third kappa shape index (κ3) is 3.67. The molecule has 1 aromatic carbocycles. The van der Waals surface area contributed by atoms with Gasteiger partial charge < -0.3 is 4.74 Å². The van der Waals surface area contributed by atoms with E-state index in [4.69, 9.17) is 4.74 Å². The summed E-state index contributed by atoms with van der Waals surface area (Å²) in [4.78, 5) is 29.5. The van der Waals surface area contributed by atoms with Crippen LogP contribution in [-0.2, 0) is 6.54 Å². The third-order valence-electron chi connectivity index (χ3n) is 3.59. The molecule has 0 unspecified atom stereocenters. The van der Waals surface area contributed by atoms with Gasteiger partial charge in [0.2, 0.25) is 0 Å². The van der Waals surface area contributed by atoms with Crippen molar-refractivity contribution in [2.75, 3.05) is 12.9 Å². The van der Waals surface area contributed by atoms with E-state index in [1.54, 1.807) is 42.0 Å². The van der Waals surface area contributed by atoms with E-state index in [0.29, 0.717) is 33.2 Å². The van der Waals surface area contributed by atoms with Crippen molar-refractivity contribution in [2.24, 2.45) is 0 Å². The summed E-state index contributed by atoms with van der Waals surface area (Å²) in [7, 11) is 1.58. The van der Waals surface area contributed by atoms with E-state index in [-0.39, 0.29) is 17.1 Å². The summed E-state index contributed by atoms with van der Waals surface area (Å²) in [6, 6.07) is 8.78. The fourth-order valence-corrected chi connectivity index (χ4v) is 4.00. The van der Waals surface area contributed by atoms with Gasteiger partial charge in [-0.15, -0.1) is 17.9 Å².